The number of hydrogen-bond acceptors (Lipinski definition) is 3. The van der Waals surface area contributed by atoms with Crippen LogP contribution in [0, 0.1) is 17.0 Å². The average molecular weight is 327 g/mol. The topological polar surface area (TPSA) is 86.6 Å². The molecule has 126 valence electrons. The highest BCUT2D eigenvalue weighted by Crippen LogP contribution is 2.44. The third-order valence-corrected chi connectivity index (χ3v) is 4.40. The van der Waals surface area contributed by atoms with Crippen LogP contribution in [0.15, 0.2) is 18.2 Å². The Morgan fingerprint density at radius 3 is 2.48 bits per heavy atom. The summed E-state index contributed by atoms with van der Waals surface area (Å²) >= 11 is 0. The highest BCUT2D eigenvalue weighted by atomic mass is 19.1. The Bertz CT molecular complexity index is 627. The van der Waals surface area contributed by atoms with E-state index in [1.165, 1.54) is 6.92 Å². The van der Waals surface area contributed by atoms with E-state index < -0.39 is 34.5 Å². The molecule has 23 heavy (non-hydrogen) atoms. The smallest absolute Gasteiger partial charge is 0.310 e. The summed E-state index contributed by atoms with van der Waals surface area (Å²) in [6.07, 6.45) is 1.47. The molecule has 5 nitrogen and oxygen atoms in total. The maximum Gasteiger partial charge on any atom is 0.310 e. The molecule has 2 rings (SSSR count). The highest BCUT2D eigenvalue weighted by molar-refractivity contribution is 5.85. The molecule has 1 aliphatic rings. The maximum atomic E-state index is 13.7. The van der Waals surface area contributed by atoms with Gasteiger partial charge in [-0.1, -0.05) is 12.5 Å². The van der Waals surface area contributed by atoms with Crippen molar-refractivity contribution in [1.82, 2.24) is 5.32 Å². The number of carboxylic acids is 1. The van der Waals surface area contributed by atoms with Crippen molar-refractivity contribution in [3.05, 3.63) is 35.4 Å². The summed E-state index contributed by atoms with van der Waals surface area (Å²) in [6.45, 7) is 0.990. The van der Waals surface area contributed by atoms with E-state index in [1.807, 2.05) is 0 Å². The lowest BCUT2D eigenvalue weighted by Crippen LogP contribution is -2.45. The summed E-state index contributed by atoms with van der Waals surface area (Å²) in [5.74, 6) is -3.20. The molecule has 0 radical (unpaired) electrons. The van der Waals surface area contributed by atoms with Crippen molar-refractivity contribution in [2.45, 2.75) is 38.2 Å². The highest BCUT2D eigenvalue weighted by Gasteiger charge is 2.46. The van der Waals surface area contributed by atoms with Gasteiger partial charge in [0.05, 0.1) is 12.0 Å². The van der Waals surface area contributed by atoms with Gasteiger partial charge in [0.1, 0.15) is 17.2 Å². The molecule has 1 atom stereocenters. The van der Waals surface area contributed by atoms with Gasteiger partial charge < -0.3 is 15.5 Å². The summed E-state index contributed by atoms with van der Waals surface area (Å²) in [7, 11) is 0. The first kappa shape index (κ1) is 17.3. The Labute approximate surface area is 132 Å². The summed E-state index contributed by atoms with van der Waals surface area (Å²) < 4.78 is 26.6. The van der Waals surface area contributed by atoms with Crippen LogP contribution >= 0.6 is 0 Å². The largest absolute Gasteiger partial charge is 0.481 e. The fourth-order valence-corrected chi connectivity index (χ4v) is 2.73. The van der Waals surface area contributed by atoms with Crippen LogP contribution in [0.25, 0.3) is 0 Å². The number of hydrogen-bond donors (Lipinski definition) is 3. The van der Waals surface area contributed by atoms with E-state index in [2.05, 4.69) is 5.32 Å². The van der Waals surface area contributed by atoms with E-state index in [9.17, 15) is 28.6 Å². The Morgan fingerprint density at radius 2 is 2.00 bits per heavy atom. The van der Waals surface area contributed by atoms with Gasteiger partial charge in [-0.25, -0.2) is 8.78 Å². The molecule has 7 heteroatoms. The molecule has 1 fully saturated rings. The van der Waals surface area contributed by atoms with Crippen LogP contribution in [0.5, 0.6) is 0 Å². The molecule has 1 saturated carbocycles. The molecule has 3 N–H and O–H groups in total. The van der Waals surface area contributed by atoms with Crippen LogP contribution in [-0.2, 0) is 15.2 Å². The standard InChI is InChI=1S/C16H19F2NO4/c1-15(23,11-4-3-10(17)7-12(11)18)9-19-13(20)8-16(14(21)22)5-2-6-16/h3-4,7,23H,2,5-6,8-9H2,1H3,(H,19,20)(H,21,22). The van der Waals surface area contributed by atoms with E-state index >= 15 is 0 Å². The summed E-state index contributed by atoms with van der Waals surface area (Å²) in [6, 6.07) is 2.78. The monoisotopic (exact) mass is 327 g/mol. The number of rotatable bonds is 6. The number of carbonyl (C=O) groups is 2. The molecule has 1 aliphatic carbocycles. The first-order chi connectivity index (χ1) is 10.7. The summed E-state index contributed by atoms with van der Waals surface area (Å²) in [5.41, 5.74) is -2.91. The zero-order valence-corrected chi connectivity index (χ0v) is 12.7. The van der Waals surface area contributed by atoms with E-state index in [0.29, 0.717) is 18.9 Å². The second-order valence-corrected chi connectivity index (χ2v) is 6.29. The van der Waals surface area contributed by atoms with Crippen molar-refractivity contribution in [2.24, 2.45) is 5.41 Å². The fourth-order valence-electron chi connectivity index (χ4n) is 2.73. The zero-order chi connectivity index (χ0) is 17.3. The predicted octanol–water partition coefficient (Wildman–Crippen LogP) is 1.93. The third kappa shape index (κ3) is 3.67. The van der Waals surface area contributed by atoms with Gasteiger partial charge in [0.15, 0.2) is 0 Å². The fraction of sp³-hybridized carbons (Fsp3) is 0.500. The molecule has 0 aliphatic heterocycles. The van der Waals surface area contributed by atoms with Crippen molar-refractivity contribution < 1.29 is 28.6 Å². The minimum atomic E-state index is -1.73. The Kier molecular flexibility index (Phi) is 4.70. The molecule has 1 unspecified atom stereocenters. The Hall–Kier alpha value is -2.02. The number of carboxylic acid groups (broad SMARTS) is 1. The number of benzene rings is 1. The van der Waals surface area contributed by atoms with Crippen molar-refractivity contribution in [3.8, 4) is 0 Å². The summed E-state index contributed by atoms with van der Waals surface area (Å²) in [5, 5.41) is 21.9. The number of nitrogens with one attached hydrogen (secondary N) is 1. The van der Waals surface area contributed by atoms with Crippen LogP contribution in [0.1, 0.15) is 38.2 Å². The SMILES string of the molecule is CC(O)(CNC(=O)CC1(C(=O)O)CCC1)c1ccc(F)cc1F. The molecular formula is C16H19F2NO4. The van der Waals surface area contributed by atoms with Crippen molar-refractivity contribution in [2.75, 3.05) is 6.54 Å². The number of halogens is 2. The molecule has 0 bridgehead atoms. The van der Waals surface area contributed by atoms with Crippen LogP contribution in [0.3, 0.4) is 0 Å². The number of aliphatic hydroxyl groups is 1. The molecule has 0 saturated heterocycles. The first-order valence-electron chi connectivity index (χ1n) is 7.34. The lowest BCUT2D eigenvalue weighted by molar-refractivity contribution is -0.157. The second kappa shape index (κ2) is 6.23. The van der Waals surface area contributed by atoms with Crippen LogP contribution in [-0.4, -0.2) is 28.6 Å². The van der Waals surface area contributed by atoms with Gasteiger partial charge in [0.25, 0.3) is 0 Å². The molecule has 1 aromatic carbocycles. The van der Waals surface area contributed by atoms with Crippen molar-refractivity contribution >= 4 is 11.9 Å². The van der Waals surface area contributed by atoms with Gasteiger partial charge in [0, 0.05) is 18.1 Å². The van der Waals surface area contributed by atoms with Gasteiger partial charge in [-0.2, -0.15) is 0 Å². The molecule has 1 aromatic rings. The average Bonchev–Trinajstić information content (AvgIpc) is 2.40. The predicted molar refractivity (Wildman–Crippen MR) is 77.5 cm³/mol. The lowest BCUT2D eigenvalue weighted by Gasteiger charge is -2.37. The first-order valence-corrected chi connectivity index (χ1v) is 7.34. The maximum absolute atomic E-state index is 13.7. The Balaban J connectivity index is 1.98. The van der Waals surface area contributed by atoms with Crippen molar-refractivity contribution in [1.29, 1.82) is 0 Å². The van der Waals surface area contributed by atoms with E-state index in [1.54, 1.807) is 0 Å². The van der Waals surface area contributed by atoms with Gasteiger partial charge in [-0.05, 0) is 25.8 Å². The van der Waals surface area contributed by atoms with Gasteiger partial charge in [-0.15, -0.1) is 0 Å². The van der Waals surface area contributed by atoms with E-state index in [-0.39, 0.29) is 18.5 Å². The molecule has 0 aromatic heterocycles. The number of carbonyl (C=O) groups excluding carboxylic acids is 1. The third-order valence-electron chi connectivity index (χ3n) is 4.40. The van der Waals surface area contributed by atoms with Gasteiger partial charge >= 0.3 is 5.97 Å². The number of aliphatic carboxylic acids is 1. The quantitative estimate of drug-likeness (QED) is 0.745. The lowest BCUT2D eigenvalue weighted by atomic mass is 9.66. The normalized spacial score (nSPS) is 18.6. The van der Waals surface area contributed by atoms with Crippen molar-refractivity contribution in [3.63, 3.8) is 0 Å². The minimum absolute atomic E-state index is 0.143. The van der Waals surface area contributed by atoms with Gasteiger partial charge in [-0.3, -0.25) is 9.59 Å². The van der Waals surface area contributed by atoms with Gasteiger partial charge in [0.2, 0.25) is 5.91 Å². The second-order valence-electron chi connectivity index (χ2n) is 6.29. The summed E-state index contributed by atoms with van der Waals surface area (Å²) in [4.78, 5) is 23.2. The van der Waals surface area contributed by atoms with Crippen LogP contribution in [0.4, 0.5) is 8.78 Å². The van der Waals surface area contributed by atoms with Crippen LogP contribution in [0.2, 0.25) is 0 Å². The molecule has 0 heterocycles. The zero-order valence-electron chi connectivity index (χ0n) is 12.7. The van der Waals surface area contributed by atoms with E-state index in [0.717, 1.165) is 18.6 Å². The molecule has 1 amide bonds. The number of amides is 1. The van der Waals surface area contributed by atoms with E-state index in [4.69, 9.17) is 0 Å². The minimum Gasteiger partial charge on any atom is -0.481 e. The van der Waals surface area contributed by atoms with Crippen LogP contribution < -0.4 is 5.32 Å². The molecular weight excluding hydrogens is 308 g/mol. The Morgan fingerprint density at radius 1 is 1.35 bits per heavy atom. The molecule has 0 spiro atoms.